The Hall–Kier alpha value is -2.43. The Morgan fingerprint density at radius 1 is 1.18 bits per heavy atom. The predicted molar refractivity (Wildman–Crippen MR) is 67.6 cm³/mol. The normalized spacial score (nSPS) is 9.94. The van der Waals surface area contributed by atoms with Gasteiger partial charge in [-0.3, -0.25) is 5.41 Å². The lowest BCUT2D eigenvalue weighted by Crippen LogP contribution is -2.21. The Balaban J connectivity index is 2.44. The molecule has 1 aromatic carbocycles. The van der Waals surface area contributed by atoms with Crippen molar-refractivity contribution in [1.29, 1.82) is 5.41 Å². The number of benzene rings is 1. The Morgan fingerprint density at radius 3 is 2.47 bits per heavy atom. The molecule has 0 atom stereocenters. The van der Waals surface area contributed by atoms with E-state index in [0.717, 1.165) is 5.69 Å². The third-order valence-electron chi connectivity index (χ3n) is 2.40. The van der Waals surface area contributed by atoms with Crippen LogP contribution in [-0.2, 0) is 0 Å². The highest BCUT2D eigenvalue weighted by Gasteiger charge is 2.13. The Bertz CT molecular complexity index is 523. The number of para-hydroxylation sites is 1. The number of nitrogen functional groups attached to an aromatic ring is 1. The number of nitrogens with zero attached hydrogens (tertiary/aromatic N) is 3. The van der Waals surface area contributed by atoms with Gasteiger partial charge in [0.15, 0.2) is 5.82 Å². The molecule has 0 amide bonds. The Morgan fingerprint density at radius 2 is 1.82 bits per heavy atom. The first-order valence-corrected chi connectivity index (χ1v) is 5.14. The summed E-state index contributed by atoms with van der Waals surface area (Å²) in [7, 11) is 1.87. The summed E-state index contributed by atoms with van der Waals surface area (Å²) < 4.78 is 0. The van der Waals surface area contributed by atoms with Gasteiger partial charge in [0.2, 0.25) is 0 Å². The Kier molecular flexibility index (Phi) is 3.00. The number of hydrogen-bond donors (Lipinski definition) is 2. The average molecular weight is 227 g/mol. The number of nitrogens with two attached hydrogens (primary N) is 1. The summed E-state index contributed by atoms with van der Waals surface area (Å²) in [5, 5.41) is 7.48. The first-order chi connectivity index (χ1) is 8.20. The predicted octanol–water partition coefficient (Wildman–Crippen LogP) is 1.53. The van der Waals surface area contributed by atoms with Crippen molar-refractivity contribution in [3.63, 3.8) is 0 Å². The minimum atomic E-state index is -0.0871. The van der Waals surface area contributed by atoms with Crippen LogP contribution in [0.4, 0.5) is 11.5 Å². The van der Waals surface area contributed by atoms with Crippen LogP contribution in [0.15, 0.2) is 42.7 Å². The summed E-state index contributed by atoms with van der Waals surface area (Å²) in [4.78, 5) is 10.1. The van der Waals surface area contributed by atoms with Gasteiger partial charge in [-0.05, 0) is 12.1 Å². The monoisotopic (exact) mass is 227 g/mol. The molecule has 0 aliphatic heterocycles. The minimum absolute atomic E-state index is 0.0871. The summed E-state index contributed by atoms with van der Waals surface area (Å²) in [5.41, 5.74) is 6.84. The van der Waals surface area contributed by atoms with Gasteiger partial charge in [-0.1, -0.05) is 18.2 Å². The lowest BCUT2D eigenvalue weighted by Gasteiger charge is -2.19. The third kappa shape index (κ3) is 2.23. The number of anilines is 2. The fourth-order valence-electron chi connectivity index (χ4n) is 1.54. The fourth-order valence-corrected chi connectivity index (χ4v) is 1.54. The van der Waals surface area contributed by atoms with Crippen LogP contribution in [0, 0.1) is 5.41 Å². The van der Waals surface area contributed by atoms with E-state index >= 15 is 0 Å². The van der Waals surface area contributed by atoms with E-state index in [1.165, 1.54) is 6.20 Å². The van der Waals surface area contributed by atoms with E-state index in [9.17, 15) is 0 Å². The lowest BCUT2D eigenvalue weighted by atomic mass is 10.2. The zero-order valence-corrected chi connectivity index (χ0v) is 9.46. The molecule has 0 aliphatic carbocycles. The molecule has 0 saturated carbocycles. The van der Waals surface area contributed by atoms with Crippen LogP contribution in [-0.4, -0.2) is 22.9 Å². The quantitative estimate of drug-likeness (QED) is 0.615. The summed E-state index contributed by atoms with van der Waals surface area (Å²) in [6.07, 6.45) is 3.11. The fraction of sp³-hybridized carbons (Fsp3) is 0.0833. The second-order valence-corrected chi connectivity index (χ2v) is 3.54. The van der Waals surface area contributed by atoms with E-state index in [1.807, 2.05) is 42.3 Å². The summed E-state index contributed by atoms with van der Waals surface area (Å²) in [6, 6.07) is 9.74. The molecular weight excluding hydrogens is 214 g/mol. The van der Waals surface area contributed by atoms with Crippen molar-refractivity contribution >= 4 is 17.3 Å². The van der Waals surface area contributed by atoms with Crippen LogP contribution in [0.25, 0.3) is 0 Å². The van der Waals surface area contributed by atoms with Crippen molar-refractivity contribution in [2.45, 2.75) is 0 Å². The lowest BCUT2D eigenvalue weighted by molar-refractivity contribution is 1.07. The molecule has 1 aromatic heterocycles. The molecule has 0 aliphatic rings. The van der Waals surface area contributed by atoms with Gasteiger partial charge < -0.3 is 10.6 Å². The Labute approximate surface area is 99.4 Å². The molecule has 1 heterocycles. The topological polar surface area (TPSA) is 78.9 Å². The average Bonchev–Trinajstić information content (AvgIpc) is 2.39. The van der Waals surface area contributed by atoms with E-state index in [4.69, 9.17) is 11.1 Å². The van der Waals surface area contributed by atoms with Crippen LogP contribution in [0.3, 0.4) is 0 Å². The molecule has 2 rings (SSSR count). The van der Waals surface area contributed by atoms with Gasteiger partial charge in [-0.2, -0.15) is 0 Å². The summed E-state index contributed by atoms with van der Waals surface area (Å²) in [6.45, 7) is 0. The molecule has 0 fully saturated rings. The maximum absolute atomic E-state index is 7.48. The molecule has 0 spiro atoms. The molecule has 86 valence electrons. The standard InChI is InChI=1S/C12H13N5/c1-17(9-5-3-2-4-6-9)12-10(11(13)14)15-7-8-16-12/h2-8H,1H3,(H3,13,14). The van der Waals surface area contributed by atoms with Gasteiger partial charge in [0.1, 0.15) is 11.5 Å². The van der Waals surface area contributed by atoms with Crippen LogP contribution in [0.2, 0.25) is 0 Å². The van der Waals surface area contributed by atoms with Gasteiger partial charge in [0.05, 0.1) is 0 Å². The van der Waals surface area contributed by atoms with Crippen molar-refractivity contribution in [3.8, 4) is 0 Å². The second kappa shape index (κ2) is 4.61. The van der Waals surface area contributed by atoms with Gasteiger partial charge in [-0.15, -0.1) is 0 Å². The number of nitrogens with one attached hydrogen (secondary N) is 1. The van der Waals surface area contributed by atoms with Crippen molar-refractivity contribution in [2.75, 3.05) is 11.9 Å². The largest absolute Gasteiger partial charge is 0.382 e. The zero-order valence-electron chi connectivity index (χ0n) is 9.46. The van der Waals surface area contributed by atoms with Gasteiger partial charge >= 0.3 is 0 Å². The van der Waals surface area contributed by atoms with E-state index < -0.39 is 0 Å². The maximum Gasteiger partial charge on any atom is 0.162 e. The molecule has 0 saturated heterocycles. The van der Waals surface area contributed by atoms with E-state index in [-0.39, 0.29) is 5.84 Å². The first-order valence-electron chi connectivity index (χ1n) is 5.14. The molecule has 0 bridgehead atoms. The van der Waals surface area contributed by atoms with Crippen LogP contribution in [0.5, 0.6) is 0 Å². The molecule has 5 heteroatoms. The highest BCUT2D eigenvalue weighted by molar-refractivity contribution is 5.98. The van der Waals surface area contributed by atoms with Crippen LogP contribution < -0.4 is 10.6 Å². The van der Waals surface area contributed by atoms with E-state index in [1.54, 1.807) is 6.20 Å². The number of aromatic nitrogens is 2. The van der Waals surface area contributed by atoms with Gasteiger partial charge in [-0.25, -0.2) is 9.97 Å². The molecular formula is C12H13N5. The van der Waals surface area contributed by atoms with Crippen molar-refractivity contribution in [2.24, 2.45) is 5.73 Å². The first kappa shape index (κ1) is 11.1. The highest BCUT2D eigenvalue weighted by atomic mass is 15.2. The smallest absolute Gasteiger partial charge is 0.162 e. The SMILES string of the molecule is CN(c1ccccc1)c1nccnc1C(=N)N. The molecule has 5 nitrogen and oxygen atoms in total. The molecule has 0 unspecified atom stereocenters. The number of rotatable bonds is 3. The molecule has 2 aromatic rings. The summed E-state index contributed by atoms with van der Waals surface area (Å²) in [5.74, 6) is 0.488. The van der Waals surface area contributed by atoms with Crippen LogP contribution in [0.1, 0.15) is 5.69 Å². The van der Waals surface area contributed by atoms with E-state index in [2.05, 4.69) is 9.97 Å². The van der Waals surface area contributed by atoms with Crippen molar-refractivity contribution < 1.29 is 0 Å². The minimum Gasteiger partial charge on any atom is -0.382 e. The number of amidine groups is 1. The van der Waals surface area contributed by atoms with Crippen molar-refractivity contribution in [3.05, 3.63) is 48.4 Å². The maximum atomic E-state index is 7.48. The summed E-state index contributed by atoms with van der Waals surface area (Å²) >= 11 is 0. The highest BCUT2D eigenvalue weighted by Crippen LogP contribution is 2.22. The molecule has 17 heavy (non-hydrogen) atoms. The van der Waals surface area contributed by atoms with Gasteiger partial charge in [0, 0.05) is 25.1 Å². The molecule has 3 N–H and O–H groups in total. The number of hydrogen-bond acceptors (Lipinski definition) is 4. The zero-order chi connectivity index (χ0) is 12.3. The third-order valence-corrected chi connectivity index (χ3v) is 2.40. The van der Waals surface area contributed by atoms with Gasteiger partial charge in [0.25, 0.3) is 0 Å². The molecule has 0 radical (unpaired) electrons. The second-order valence-electron chi connectivity index (χ2n) is 3.54. The van der Waals surface area contributed by atoms with E-state index in [0.29, 0.717) is 11.5 Å². The van der Waals surface area contributed by atoms with Crippen LogP contribution >= 0.6 is 0 Å². The van der Waals surface area contributed by atoms with Crippen molar-refractivity contribution in [1.82, 2.24) is 9.97 Å².